The summed E-state index contributed by atoms with van der Waals surface area (Å²) in [6.45, 7) is 2.79. The lowest BCUT2D eigenvalue weighted by molar-refractivity contribution is -0.127. The molecule has 0 radical (unpaired) electrons. The third-order valence-electron chi connectivity index (χ3n) is 4.39. The van der Waals surface area contributed by atoms with Gasteiger partial charge in [0.25, 0.3) is 5.91 Å². The summed E-state index contributed by atoms with van der Waals surface area (Å²) in [4.78, 5) is 38.8. The summed E-state index contributed by atoms with van der Waals surface area (Å²) in [7, 11) is 0. The minimum absolute atomic E-state index is 0.276. The Morgan fingerprint density at radius 2 is 2.04 bits per heavy atom. The molecule has 0 bridgehead atoms. The van der Waals surface area contributed by atoms with E-state index in [0.717, 1.165) is 12.8 Å². The van der Waals surface area contributed by atoms with Crippen molar-refractivity contribution in [2.75, 3.05) is 6.54 Å². The van der Waals surface area contributed by atoms with Crippen LogP contribution in [0.1, 0.15) is 43.0 Å². The second-order valence-corrected chi connectivity index (χ2v) is 7.54. The number of H-pyrrole nitrogens is 1. The fourth-order valence-corrected chi connectivity index (χ4v) is 4.17. The predicted molar refractivity (Wildman–Crippen MR) is 99.1 cm³/mol. The van der Waals surface area contributed by atoms with Gasteiger partial charge in [0.15, 0.2) is 5.16 Å². The molecule has 0 aliphatic carbocycles. The Morgan fingerprint density at radius 1 is 1.30 bits per heavy atom. The number of likely N-dealkylation sites (tertiary alicyclic amines) is 1. The van der Waals surface area contributed by atoms with Crippen LogP contribution in [0.15, 0.2) is 34.2 Å². The Hall–Kier alpha value is -2.42. The van der Waals surface area contributed by atoms with Crippen LogP contribution in [0.2, 0.25) is 0 Å². The van der Waals surface area contributed by atoms with E-state index in [2.05, 4.69) is 10.2 Å². The Morgan fingerprint density at radius 3 is 2.74 bits per heavy atom. The molecule has 1 atom stereocenters. The fraction of sp³-hybridized carbons (Fsp3) is 0.444. The number of hydrogen-bond donors (Lipinski definition) is 1. The van der Waals surface area contributed by atoms with Gasteiger partial charge in [0, 0.05) is 18.7 Å². The Balaban J connectivity index is 1.81. The van der Waals surface area contributed by atoms with Gasteiger partial charge in [-0.3, -0.25) is 19.1 Å². The third kappa shape index (κ3) is 4.29. The number of aromatic amines is 1. The van der Waals surface area contributed by atoms with E-state index in [9.17, 15) is 18.8 Å². The molecule has 2 heterocycles. The Kier molecular flexibility index (Phi) is 6.10. The van der Waals surface area contributed by atoms with Gasteiger partial charge in [-0.15, -0.1) is 5.10 Å². The summed E-state index contributed by atoms with van der Waals surface area (Å²) >= 11 is 1.21. The Labute approximate surface area is 159 Å². The largest absolute Gasteiger partial charge is 0.343 e. The van der Waals surface area contributed by atoms with Gasteiger partial charge < -0.3 is 0 Å². The summed E-state index contributed by atoms with van der Waals surface area (Å²) in [6.07, 6.45) is 2.86. The summed E-state index contributed by atoms with van der Waals surface area (Å²) in [5.74, 6) is -1.17. The van der Waals surface area contributed by atoms with E-state index in [1.807, 2.05) is 6.92 Å². The SMILES string of the molecule is CCCn1c(S[C@@H]2CCCCN(C(=O)c3ccc(F)cc3)C2=O)n[nH]c1=O. The first kappa shape index (κ1) is 19.3. The van der Waals surface area contributed by atoms with Crippen LogP contribution in [0.25, 0.3) is 0 Å². The summed E-state index contributed by atoms with van der Waals surface area (Å²) < 4.78 is 14.6. The number of amides is 2. The van der Waals surface area contributed by atoms with Gasteiger partial charge in [0.2, 0.25) is 5.91 Å². The highest BCUT2D eigenvalue weighted by Gasteiger charge is 2.33. The van der Waals surface area contributed by atoms with Crippen LogP contribution in [-0.4, -0.2) is 43.3 Å². The zero-order chi connectivity index (χ0) is 19.4. The van der Waals surface area contributed by atoms with Crippen LogP contribution in [0.3, 0.4) is 0 Å². The van der Waals surface area contributed by atoms with Crippen molar-refractivity contribution in [1.29, 1.82) is 0 Å². The van der Waals surface area contributed by atoms with Crippen LogP contribution < -0.4 is 5.69 Å². The normalized spacial score (nSPS) is 17.8. The number of nitrogens with zero attached hydrogens (tertiary/aromatic N) is 3. The van der Waals surface area contributed by atoms with Crippen LogP contribution >= 0.6 is 11.8 Å². The minimum atomic E-state index is -0.497. The number of carbonyl (C=O) groups excluding carboxylic acids is 2. The monoisotopic (exact) mass is 392 g/mol. The first-order chi connectivity index (χ1) is 13.0. The van der Waals surface area contributed by atoms with Crippen LogP contribution in [0, 0.1) is 5.82 Å². The molecule has 1 aromatic heterocycles. The maximum atomic E-state index is 13.1. The number of nitrogens with one attached hydrogen (secondary N) is 1. The molecule has 1 saturated heterocycles. The molecule has 1 N–H and O–H groups in total. The molecule has 2 aromatic rings. The standard InChI is InChI=1S/C18H21FN4O3S/c1-2-10-23-17(26)20-21-18(23)27-14-5-3-4-11-22(16(14)25)15(24)12-6-8-13(19)9-7-12/h6-9,14H,2-5,10-11H2,1H3,(H,20,26)/t14-/m1/s1. The number of rotatable bonds is 5. The molecule has 7 nitrogen and oxygen atoms in total. The van der Waals surface area contributed by atoms with Gasteiger partial charge in [-0.05, 0) is 43.5 Å². The fourth-order valence-electron chi connectivity index (χ4n) is 3.01. The molecule has 9 heteroatoms. The van der Waals surface area contributed by atoms with Gasteiger partial charge >= 0.3 is 5.69 Å². The van der Waals surface area contributed by atoms with E-state index >= 15 is 0 Å². The molecule has 3 rings (SSSR count). The highest BCUT2D eigenvalue weighted by Crippen LogP contribution is 2.29. The van der Waals surface area contributed by atoms with Gasteiger partial charge in [0.05, 0.1) is 5.25 Å². The van der Waals surface area contributed by atoms with Crippen molar-refractivity contribution < 1.29 is 14.0 Å². The van der Waals surface area contributed by atoms with Crippen molar-refractivity contribution in [3.05, 3.63) is 46.1 Å². The smallest absolute Gasteiger partial charge is 0.278 e. The molecule has 144 valence electrons. The van der Waals surface area contributed by atoms with E-state index in [0.29, 0.717) is 31.1 Å². The number of thioether (sulfide) groups is 1. The molecule has 27 heavy (non-hydrogen) atoms. The topological polar surface area (TPSA) is 88.1 Å². The summed E-state index contributed by atoms with van der Waals surface area (Å²) in [5.41, 5.74) is -0.0299. The van der Waals surface area contributed by atoms with Crippen LogP contribution in [0.4, 0.5) is 4.39 Å². The van der Waals surface area contributed by atoms with E-state index in [-0.39, 0.29) is 17.2 Å². The number of benzene rings is 1. The van der Waals surface area contributed by atoms with E-state index < -0.39 is 17.0 Å². The number of halogens is 1. The molecular formula is C18H21FN4O3S. The minimum Gasteiger partial charge on any atom is -0.278 e. The van der Waals surface area contributed by atoms with Crippen molar-refractivity contribution in [1.82, 2.24) is 19.7 Å². The zero-order valence-corrected chi connectivity index (χ0v) is 15.8. The van der Waals surface area contributed by atoms with Gasteiger partial charge in [-0.1, -0.05) is 25.1 Å². The van der Waals surface area contributed by atoms with E-state index in [1.165, 1.54) is 45.5 Å². The van der Waals surface area contributed by atoms with Crippen molar-refractivity contribution in [3.63, 3.8) is 0 Å². The lowest BCUT2D eigenvalue weighted by Crippen LogP contribution is -2.41. The number of hydrogen-bond acceptors (Lipinski definition) is 5. The maximum Gasteiger partial charge on any atom is 0.343 e. The quantitative estimate of drug-likeness (QED) is 0.790. The van der Waals surface area contributed by atoms with E-state index in [1.54, 1.807) is 0 Å². The number of carbonyl (C=O) groups is 2. The second-order valence-electron chi connectivity index (χ2n) is 6.37. The second kappa shape index (κ2) is 8.51. The highest BCUT2D eigenvalue weighted by molar-refractivity contribution is 8.00. The average Bonchev–Trinajstić information content (AvgIpc) is 2.89. The molecule has 2 amide bonds. The Bertz CT molecular complexity index is 877. The molecule has 0 saturated carbocycles. The molecule has 0 spiro atoms. The zero-order valence-electron chi connectivity index (χ0n) is 15.0. The van der Waals surface area contributed by atoms with Gasteiger partial charge in [0.1, 0.15) is 5.82 Å². The third-order valence-corrected chi connectivity index (χ3v) is 5.64. The molecule has 1 aliphatic heterocycles. The van der Waals surface area contributed by atoms with Gasteiger partial charge in [-0.25, -0.2) is 14.3 Å². The van der Waals surface area contributed by atoms with Crippen molar-refractivity contribution in [2.24, 2.45) is 0 Å². The predicted octanol–water partition coefficient (Wildman–Crippen LogP) is 2.43. The first-order valence-corrected chi connectivity index (χ1v) is 9.82. The number of imide groups is 1. The highest BCUT2D eigenvalue weighted by atomic mass is 32.2. The van der Waals surface area contributed by atoms with Crippen LogP contribution in [0.5, 0.6) is 0 Å². The van der Waals surface area contributed by atoms with E-state index in [4.69, 9.17) is 0 Å². The van der Waals surface area contributed by atoms with Crippen molar-refractivity contribution in [2.45, 2.75) is 49.6 Å². The molecular weight excluding hydrogens is 371 g/mol. The number of aromatic nitrogens is 3. The maximum absolute atomic E-state index is 13.1. The first-order valence-electron chi connectivity index (χ1n) is 8.94. The molecule has 1 aromatic carbocycles. The lowest BCUT2D eigenvalue weighted by atomic mass is 10.2. The lowest BCUT2D eigenvalue weighted by Gasteiger charge is -2.22. The van der Waals surface area contributed by atoms with Crippen LogP contribution in [-0.2, 0) is 11.3 Å². The molecule has 0 unspecified atom stereocenters. The average molecular weight is 392 g/mol. The molecule has 1 aliphatic rings. The van der Waals surface area contributed by atoms with Gasteiger partial charge in [-0.2, -0.15) is 0 Å². The van der Waals surface area contributed by atoms with Crippen molar-refractivity contribution >= 4 is 23.6 Å². The van der Waals surface area contributed by atoms with Crippen molar-refractivity contribution in [3.8, 4) is 0 Å². The summed E-state index contributed by atoms with van der Waals surface area (Å²) in [5, 5.41) is 6.40. The molecule has 1 fully saturated rings. The summed E-state index contributed by atoms with van der Waals surface area (Å²) in [6, 6.07) is 5.17.